The van der Waals surface area contributed by atoms with Gasteiger partial charge in [0, 0.05) is 16.9 Å². The fourth-order valence-electron chi connectivity index (χ4n) is 2.77. The average molecular weight is 292 g/mol. The van der Waals surface area contributed by atoms with E-state index in [0.29, 0.717) is 0 Å². The molecule has 1 atom stereocenters. The van der Waals surface area contributed by atoms with E-state index >= 15 is 0 Å². The van der Waals surface area contributed by atoms with Gasteiger partial charge in [0.2, 0.25) is 0 Å². The van der Waals surface area contributed by atoms with Crippen molar-refractivity contribution in [2.75, 3.05) is 11.5 Å². The number of aliphatic hydroxyl groups is 1. The van der Waals surface area contributed by atoms with Crippen LogP contribution in [-0.4, -0.2) is 22.2 Å². The molecule has 1 aromatic heterocycles. The lowest BCUT2D eigenvalue weighted by molar-refractivity contribution is -0.0510. The van der Waals surface area contributed by atoms with Crippen molar-refractivity contribution in [3.63, 3.8) is 0 Å². The van der Waals surface area contributed by atoms with E-state index in [2.05, 4.69) is 43.5 Å². The van der Waals surface area contributed by atoms with E-state index in [1.54, 1.807) is 11.3 Å². The van der Waals surface area contributed by atoms with Gasteiger partial charge >= 0.3 is 0 Å². The lowest BCUT2D eigenvalue weighted by Gasteiger charge is -2.46. The SMILES string of the molecule is CC1(C)CCSCC1(O)Cc1csc2ccccc12. The molecule has 3 rings (SSSR count). The molecule has 1 aromatic carbocycles. The van der Waals surface area contributed by atoms with Crippen LogP contribution in [0.5, 0.6) is 0 Å². The summed E-state index contributed by atoms with van der Waals surface area (Å²) in [7, 11) is 0. The molecule has 1 aliphatic heterocycles. The summed E-state index contributed by atoms with van der Waals surface area (Å²) in [4.78, 5) is 0. The predicted molar refractivity (Wildman–Crippen MR) is 86.2 cm³/mol. The molecule has 102 valence electrons. The molecule has 1 aliphatic rings. The third-order valence-electron chi connectivity index (χ3n) is 4.52. The van der Waals surface area contributed by atoms with Gasteiger partial charge in [-0.15, -0.1) is 11.3 Å². The highest BCUT2D eigenvalue weighted by Crippen LogP contribution is 2.45. The standard InChI is InChI=1S/C16H20OS2/c1-15(2)7-8-18-11-16(15,17)9-12-10-19-14-6-4-3-5-13(12)14/h3-6,10,17H,7-9,11H2,1-2H3. The smallest absolute Gasteiger partial charge is 0.0829 e. The van der Waals surface area contributed by atoms with Crippen molar-refractivity contribution in [1.82, 2.24) is 0 Å². The van der Waals surface area contributed by atoms with Crippen molar-refractivity contribution in [1.29, 1.82) is 0 Å². The van der Waals surface area contributed by atoms with Gasteiger partial charge in [-0.1, -0.05) is 32.0 Å². The van der Waals surface area contributed by atoms with E-state index in [-0.39, 0.29) is 5.41 Å². The molecular formula is C16H20OS2. The number of benzene rings is 1. The second-order valence-corrected chi connectivity index (χ2v) is 8.17. The summed E-state index contributed by atoms with van der Waals surface area (Å²) >= 11 is 3.67. The Morgan fingerprint density at radius 2 is 2.05 bits per heavy atom. The van der Waals surface area contributed by atoms with Crippen LogP contribution in [0.1, 0.15) is 25.8 Å². The first kappa shape index (κ1) is 13.5. The second-order valence-electron chi connectivity index (χ2n) is 6.15. The third kappa shape index (κ3) is 2.32. The molecule has 0 aliphatic carbocycles. The highest BCUT2D eigenvalue weighted by Gasteiger charge is 2.45. The zero-order chi connectivity index (χ0) is 13.5. The molecule has 2 heterocycles. The van der Waals surface area contributed by atoms with Gasteiger partial charge in [0.05, 0.1) is 5.60 Å². The van der Waals surface area contributed by atoms with E-state index < -0.39 is 5.60 Å². The molecule has 19 heavy (non-hydrogen) atoms. The summed E-state index contributed by atoms with van der Waals surface area (Å²) in [5.41, 5.74) is 0.722. The van der Waals surface area contributed by atoms with Crippen molar-refractivity contribution < 1.29 is 5.11 Å². The quantitative estimate of drug-likeness (QED) is 0.888. The van der Waals surface area contributed by atoms with Crippen LogP contribution in [0.4, 0.5) is 0 Å². The zero-order valence-corrected chi connectivity index (χ0v) is 13.1. The van der Waals surface area contributed by atoms with Crippen LogP contribution in [0.2, 0.25) is 0 Å². The van der Waals surface area contributed by atoms with Crippen LogP contribution in [0.3, 0.4) is 0 Å². The van der Waals surface area contributed by atoms with Crippen LogP contribution in [0, 0.1) is 5.41 Å². The van der Waals surface area contributed by atoms with Crippen molar-refractivity contribution in [3.05, 3.63) is 35.2 Å². The molecular weight excluding hydrogens is 272 g/mol. The topological polar surface area (TPSA) is 20.2 Å². The van der Waals surface area contributed by atoms with E-state index in [4.69, 9.17) is 0 Å². The molecule has 1 unspecified atom stereocenters. The summed E-state index contributed by atoms with van der Waals surface area (Å²) < 4.78 is 1.32. The summed E-state index contributed by atoms with van der Waals surface area (Å²) in [5, 5.41) is 14.6. The second kappa shape index (κ2) is 4.80. The van der Waals surface area contributed by atoms with Crippen molar-refractivity contribution in [2.45, 2.75) is 32.3 Å². The molecule has 0 bridgehead atoms. The minimum atomic E-state index is -0.584. The van der Waals surface area contributed by atoms with Crippen molar-refractivity contribution in [2.24, 2.45) is 5.41 Å². The van der Waals surface area contributed by atoms with E-state index in [1.807, 2.05) is 11.8 Å². The van der Waals surface area contributed by atoms with Crippen LogP contribution in [-0.2, 0) is 6.42 Å². The van der Waals surface area contributed by atoms with Crippen molar-refractivity contribution in [3.8, 4) is 0 Å². The molecule has 0 spiro atoms. The Balaban J connectivity index is 1.95. The van der Waals surface area contributed by atoms with E-state index in [0.717, 1.165) is 18.6 Å². The van der Waals surface area contributed by atoms with E-state index in [9.17, 15) is 5.11 Å². The van der Waals surface area contributed by atoms with Gasteiger partial charge in [-0.05, 0) is 40.0 Å². The Bertz CT molecular complexity index is 587. The first-order chi connectivity index (χ1) is 9.02. The fourth-order valence-corrected chi connectivity index (χ4v) is 5.36. The maximum Gasteiger partial charge on any atom is 0.0829 e. The lowest BCUT2D eigenvalue weighted by Crippen LogP contribution is -2.51. The molecule has 0 radical (unpaired) electrons. The molecule has 1 saturated heterocycles. The number of thioether (sulfide) groups is 1. The zero-order valence-electron chi connectivity index (χ0n) is 11.5. The molecule has 0 saturated carbocycles. The van der Waals surface area contributed by atoms with Gasteiger partial charge < -0.3 is 5.11 Å². The van der Waals surface area contributed by atoms with Crippen LogP contribution in [0.25, 0.3) is 10.1 Å². The molecule has 1 nitrogen and oxygen atoms in total. The first-order valence-corrected chi connectivity index (χ1v) is 8.81. The molecule has 2 aromatic rings. The van der Waals surface area contributed by atoms with Crippen LogP contribution < -0.4 is 0 Å². The Hall–Kier alpha value is -0.510. The van der Waals surface area contributed by atoms with Gasteiger partial charge in [0.1, 0.15) is 0 Å². The van der Waals surface area contributed by atoms with E-state index in [1.165, 1.54) is 21.4 Å². The lowest BCUT2D eigenvalue weighted by atomic mass is 9.70. The first-order valence-electron chi connectivity index (χ1n) is 6.77. The maximum atomic E-state index is 11.1. The van der Waals surface area contributed by atoms with Gasteiger partial charge in [-0.3, -0.25) is 0 Å². The third-order valence-corrected chi connectivity index (χ3v) is 6.70. The summed E-state index contributed by atoms with van der Waals surface area (Å²) in [6.45, 7) is 4.42. The summed E-state index contributed by atoms with van der Waals surface area (Å²) in [5.74, 6) is 2.02. The van der Waals surface area contributed by atoms with Gasteiger partial charge in [0.15, 0.2) is 0 Å². The molecule has 1 N–H and O–H groups in total. The minimum Gasteiger partial charge on any atom is -0.388 e. The molecule has 3 heteroatoms. The number of fused-ring (bicyclic) bond motifs is 1. The highest BCUT2D eigenvalue weighted by molar-refractivity contribution is 7.99. The van der Waals surface area contributed by atoms with Gasteiger partial charge in [0.25, 0.3) is 0 Å². The normalized spacial score (nSPS) is 26.7. The summed E-state index contributed by atoms with van der Waals surface area (Å²) in [6.07, 6.45) is 1.87. The number of thiophene rings is 1. The maximum absolute atomic E-state index is 11.1. The fraction of sp³-hybridized carbons (Fsp3) is 0.500. The average Bonchev–Trinajstić information content (AvgIpc) is 2.77. The largest absolute Gasteiger partial charge is 0.388 e. The Kier molecular flexibility index (Phi) is 3.40. The highest BCUT2D eigenvalue weighted by atomic mass is 32.2. The Morgan fingerprint density at radius 3 is 2.84 bits per heavy atom. The Labute approximate surface area is 123 Å². The minimum absolute atomic E-state index is 0.00128. The van der Waals surface area contributed by atoms with Crippen molar-refractivity contribution >= 4 is 33.2 Å². The molecule has 0 amide bonds. The van der Waals surface area contributed by atoms with Gasteiger partial charge in [-0.25, -0.2) is 0 Å². The predicted octanol–water partition coefficient (Wildman–Crippen LogP) is 4.34. The Morgan fingerprint density at radius 1 is 1.26 bits per heavy atom. The monoisotopic (exact) mass is 292 g/mol. The molecule has 1 fully saturated rings. The number of hydrogen-bond acceptors (Lipinski definition) is 3. The van der Waals surface area contributed by atoms with Crippen LogP contribution >= 0.6 is 23.1 Å². The van der Waals surface area contributed by atoms with Gasteiger partial charge in [-0.2, -0.15) is 11.8 Å². The number of hydrogen-bond donors (Lipinski definition) is 1. The summed E-state index contributed by atoms with van der Waals surface area (Å²) in [6, 6.07) is 8.50. The number of rotatable bonds is 2. The van der Waals surface area contributed by atoms with Crippen LogP contribution in [0.15, 0.2) is 29.6 Å².